The van der Waals surface area contributed by atoms with Crippen molar-refractivity contribution in [3.8, 4) is 29.0 Å². The van der Waals surface area contributed by atoms with Crippen LogP contribution in [0.25, 0.3) is 27.4 Å². The molecule has 3 rings (SSSR count). The topological polar surface area (TPSA) is 94.6 Å². The van der Waals surface area contributed by atoms with Crippen LogP contribution < -0.4 is 0 Å². The number of oxazole rings is 1. The molecule has 0 amide bonds. The van der Waals surface area contributed by atoms with Gasteiger partial charge >= 0.3 is 0 Å². The molecule has 2 aromatic carbocycles. The lowest BCUT2D eigenvalue weighted by Crippen LogP contribution is -1.78. The highest BCUT2D eigenvalue weighted by Crippen LogP contribution is 2.35. The van der Waals surface area contributed by atoms with Crippen LogP contribution in [0.2, 0.25) is 0 Å². The van der Waals surface area contributed by atoms with E-state index >= 15 is 0 Å². The van der Waals surface area contributed by atoms with E-state index in [2.05, 4.69) is 9.83 Å². The van der Waals surface area contributed by atoms with Gasteiger partial charge in [0.1, 0.15) is 28.6 Å². The molecular formula is C15H7N3O3. The predicted octanol–water partition coefficient (Wildman–Crippen LogP) is 3.33. The van der Waals surface area contributed by atoms with E-state index < -0.39 is 0 Å². The molecule has 6 nitrogen and oxygen atoms in total. The van der Waals surface area contributed by atoms with E-state index in [1.54, 1.807) is 0 Å². The maximum atomic E-state index is 9.54. The summed E-state index contributed by atoms with van der Waals surface area (Å²) in [6.07, 6.45) is 0. The van der Waals surface area contributed by atoms with Crippen molar-refractivity contribution < 1.29 is 14.6 Å². The maximum absolute atomic E-state index is 9.54. The molecule has 21 heavy (non-hydrogen) atoms. The van der Waals surface area contributed by atoms with Crippen LogP contribution in [0, 0.1) is 17.9 Å². The van der Waals surface area contributed by atoms with Crippen LogP contribution in [0.4, 0.5) is 5.69 Å². The van der Waals surface area contributed by atoms with Gasteiger partial charge < -0.3 is 14.6 Å². The first kappa shape index (κ1) is 12.5. The Bertz CT molecular complexity index is 945. The van der Waals surface area contributed by atoms with Gasteiger partial charge in [-0.15, -0.1) is 0 Å². The third-order valence-corrected chi connectivity index (χ3v) is 2.93. The second-order valence-electron chi connectivity index (χ2n) is 4.29. The number of aromatic hydroxyl groups is 2. The molecule has 0 aliphatic heterocycles. The van der Waals surface area contributed by atoms with Gasteiger partial charge in [0, 0.05) is 17.7 Å². The van der Waals surface area contributed by atoms with Crippen molar-refractivity contribution in [1.82, 2.24) is 4.98 Å². The number of rotatable bonds is 1. The Hall–Kier alpha value is -3.51. The predicted molar refractivity (Wildman–Crippen MR) is 73.8 cm³/mol. The second kappa shape index (κ2) is 4.55. The molecule has 0 aliphatic carbocycles. The number of hydrogen-bond acceptors (Lipinski definition) is 5. The quantitative estimate of drug-likeness (QED) is 0.665. The molecule has 2 N–H and O–H groups in total. The first-order chi connectivity index (χ1) is 10.1. The van der Waals surface area contributed by atoms with E-state index in [1.165, 1.54) is 30.3 Å². The third-order valence-electron chi connectivity index (χ3n) is 2.93. The number of phenolic OH excluding ortho intramolecular Hbond substituents is 2. The summed E-state index contributed by atoms with van der Waals surface area (Å²) in [6, 6.07) is 8.81. The first-order valence-electron chi connectivity index (χ1n) is 5.87. The van der Waals surface area contributed by atoms with Crippen molar-refractivity contribution in [2.75, 3.05) is 0 Å². The Balaban J connectivity index is 2.28. The standard InChI is InChI=1S/C15H7N3O3/c1-17-12-5-9(19)2-3-11(12)15-18-13-6-10(20)4-8(7-16)14(13)21-15/h2-6,19-20H. The highest BCUT2D eigenvalue weighted by molar-refractivity contribution is 5.85. The van der Waals surface area contributed by atoms with Gasteiger partial charge in [0.25, 0.3) is 0 Å². The Morgan fingerprint density at radius 1 is 1.19 bits per heavy atom. The number of aromatic nitrogens is 1. The maximum Gasteiger partial charge on any atom is 0.216 e. The van der Waals surface area contributed by atoms with Gasteiger partial charge in [0.2, 0.25) is 11.6 Å². The van der Waals surface area contributed by atoms with Gasteiger partial charge in [-0.25, -0.2) is 9.83 Å². The lowest BCUT2D eigenvalue weighted by atomic mass is 10.1. The summed E-state index contributed by atoms with van der Waals surface area (Å²) in [6.45, 7) is 7.13. The van der Waals surface area contributed by atoms with Crippen LogP contribution in [0.1, 0.15) is 5.56 Å². The van der Waals surface area contributed by atoms with Crippen LogP contribution >= 0.6 is 0 Å². The van der Waals surface area contributed by atoms with Gasteiger partial charge in [-0.1, -0.05) is 6.07 Å². The van der Waals surface area contributed by atoms with Gasteiger partial charge in [0.15, 0.2) is 5.58 Å². The summed E-state index contributed by atoms with van der Waals surface area (Å²) < 4.78 is 5.54. The van der Waals surface area contributed by atoms with E-state index in [0.717, 1.165) is 0 Å². The molecule has 0 spiro atoms. The van der Waals surface area contributed by atoms with E-state index in [4.69, 9.17) is 16.3 Å². The fraction of sp³-hybridized carbons (Fsp3) is 0. The van der Waals surface area contributed by atoms with Gasteiger partial charge in [-0.05, 0) is 12.1 Å². The Labute approximate surface area is 118 Å². The van der Waals surface area contributed by atoms with Crippen LogP contribution in [0.5, 0.6) is 11.5 Å². The van der Waals surface area contributed by atoms with Crippen LogP contribution in [0.15, 0.2) is 34.7 Å². The van der Waals surface area contributed by atoms with Crippen molar-refractivity contribution in [2.45, 2.75) is 0 Å². The molecule has 0 aliphatic rings. The van der Waals surface area contributed by atoms with Crippen molar-refractivity contribution in [3.63, 3.8) is 0 Å². The van der Waals surface area contributed by atoms with E-state index in [0.29, 0.717) is 11.1 Å². The smallest absolute Gasteiger partial charge is 0.216 e. The zero-order valence-electron chi connectivity index (χ0n) is 10.5. The first-order valence-corrected chi connectivity index (χ1v) is 5.87. The summed E-state index contributed by atoms with van der Waals surface area (Å²) in [4.78, 5) is 7.50. The lowest BCUT2D eigenvalue weighted by molar-refractivity contribution is 0.475. The Morgan fingerprint density at radius 3 is 2.71 bits per heavy atom. The largest absolute Gasteiger partial charge is 0.509 e. The molecule has 1 aromatic heterocycles. The minimum absolute atomic E-state index is 0.0313. The highest BCUT2D eigenvalue weighted by Gasteiger charge is 2.16. The number of fused-ring (bicyclic) bond motifs is 1. The second-order valence-corrected chi connectivity index (χ2v) is 4.29. The number of benzene rings is 2. The number of phenols is 2. The minimum atomic E-state index is -0.0880. The van der Waals surface area contributed by atoms with Crippen LogP contribution in [-0.2, 0) is 0 Å². The molecule has 0 saturated heterocycles. The Morgan fingerprint density at radius 2 is 2.00 bits per heavy atom. The van der Waals surface area contributed by atoms with Crippen LogP contribution in [0.3, 0.4) is 0 Å². The Kier molecular flexibility index (Phi) is 2.71. The van der Waals surface area contributed by atoms with E-state index in [-0.39, 0.29) is 34.2 Å². The minimum Gasteiger partial charge on any atom is -0.509 e. The summed E-state index contributed by atoms with van der Waals surface area (Å²) in [5, 5.41) is 28.0. The van der Waals surface area contributed by atoms with Crippen LogP contribution in [-0.4, -0.2) is 15.2 Å². The fourth-order valence-corrected chi connectivity index (χ4v) is 2.01. The lowest BCUT2D eigenvalue weighted by Gasteiger charge is -1.99. The van der Waals surface area contributed by atoms with E-state index in [1.807, 2.05) is 6.07 Å². The van der Waals surface area contributed by atoms with E-state index in [9.17, 15) is 10.2 Å². The van der Waals surface area contributed by atoms with Crippen molar-refractivity contribution in [3.05, 3.63) is 47.3 Å². The molecule has 0 bridgehead atoms. The normalized spacial score (nSPS) is 10.2. The molecule has 0 radical (unpaired) electrons. The summed E-state index contributed by atoms with van der Waals surface area (Å²) in [7, 11) is 0. The van der Waals surface area contributed by atoms with Crippen molar-refractivity contribution in [1.29, 1.82) is 5.26 Å². The molecule has 3 aromatic rings. The highest BCUT2D eigenvalue weighted by atomic mass is 16.3. The average molecular weight is 277 g/mol. The number of nitriles is 1. The summed E-state index contributed by atoms with van der Waals surface area (Å²) >= 11 is 0. The monoisotopic (exact) mass is 277 g/mol. The average Bonchev–Trinajstić information content (AvgIpc) is 2.89. The molecule has 0 atom stereocenters. The molecule has 0 fully saturated rings. The number of hydrogen-bond donors (Lipinski definition) is 2. The van der Waals surface area contributed by atoms with Crippen molar-refractivity contribution in [2.24, 2.45) is 0 Å². The van der Waals surface area contributed by atoms with Gasteiger partial charge in [0.05, 0.1) is 6.57 Å². The molecule has 1 heterocycles. The van der Waals surface area contributed by atoms with Gasteiger partial charge in [-0.2, -0.15) is 5.26 Å². The SMILES string of the molecule is [C-]#[N+]c1cc(O)ccc1-c1nc2cc(O)cc(C#N)c2o1. The number of nitrogens with zero attached hydrogens (tertiary/aromatic N) is 3. The molecule has 100 valence electrons. The molecular weight excluding hydrogens is 270 g/mol. The summed E-state index contributed by atoms with van der Waals surface area (Å²) in [5.74, 6) is 0.0318. The summed E-state index contributed by atoms with van der Waals surface area (Å²) in [5.41, 5.74) is 1.32. The zero-order valence-corrected chi connectivity index (χ0v) is 10.5. The fourth-order valence-electron chi connectivity index (χ4n) is 2.01. The third kappa shape index (κ3) is 2.01. The van der Waals surface area contributed by atoms with Gasteiger partial charge in [-0.3, -0.25) is 0 Å². The molecule has 6 heteroatoms. The zero-order chi connectivity index (χ0) is 15.0. The molecule has 0 saturated carbocycles. The van der Waals surface area contributed by atoms with Crippen molar-refractivity contribution >= 4 is 16.8 Å². The molecule has 0 unspecified atom stereocenters.